The van der Waals surface area contributed by atoms with Crippen LogP contribution in [0.2, 0.25) is 0 Å². The molecule has 1 aliphatic heterocycles. The minimum Gasteiger partial charge on any atom is -0.508 e. The minimum absolute atomic E-state index is 0.166. The minimum atomic E-state index is -0.166. The Morgan fingerprint density at radius 2 is 1.67 bits per heavy atom. The molecule has 3 nitrogen and oxygen atoms in total. The molecule has 0 spiro atoms. The van der Waals surface area contributed by atoms with Crippen molar-refractivity contribution in [3.05, 3.63) is 53.1 Å². The fraction of sp³-hybridized carbons (Fsp3) is 0.417. The standard InChI is InChI=1S/C24H28O3/c1-23(2)11-4-12-24(3)22(23)15-19-20(26)13-17(14-21(19)27-24)6-5-16-7-9-18(25)10-8-16/h5-10,13-14,22,25-26H,4,11-12,15H2,1-3H3/b6-5+/t22-,24-/m1/s1. The summed E-state index contributed by atoms with van der Waals surface area (Å²) in [7, 11) is 0. The van der Waals surface area contributed by atoms with Crippen LogP contribution in [0.3, 0.4) is 0 Å². The molecule has 1 heterocycles. The van der Waals surface area contributed by atoms with Crippen molar-refractivity contribution in [2.75, 3.05) is 0 Å². The third-order valence-corrected chi connectivity index (χ3v) is 6.50. The van der Waals surface area contributed by atoms with E-state index in [-0.39, 0.29) is 16.8 Å². The van der Waals surface area contributed by atoms with Crippen molar-refractivity contribution in [3.8, 4) is 17.2 Å². The topological polar surface area (TPSA) is 49.7 Å². The maximum absolute atomic E-state index is 10.7. The van der Waals surface area contributed by atoms with Crippen molar-refractivity contribution in [1.29, 1.82) is 0 Å². The van der Waals surface area contributed by atoms with E-state index in [1.54, 1.807) is 12.1 Å². The van der Waals surface area contributed by atoms with E-state index in [1.807, 2.05) is 36.4 Å². The van der Waals surface area contributed by atoms with E-state index in [1.165, 1.54) is 12.8 Å². The van der Waals surface area contributed by atoms with Gasteiger partial charge in [0.05, 0.1) is 0 Å². The smallest absolute Gasteiger partial charge is 0.127 e. The molecule has 1 fully saturated rings. The van der Waals surface area contributed by atoms with Gasteiger partial charge >= 0.3 is 0 Å². The number of hydrogen-bond acceptors (Lipinski definition) is 3. The molecule has 0 radical (unpaired) electrons. The van der Waals surface area contributed by atoms with E-state index in [4.69, 9.17) is 4.74 Å². The molecule has 0 saturated heterocycles. The molecule has 4 rings (SSSR count). The summed E-state index contributed by atoms with van der Waals surface area (Å²) < 4.78 is 6.52. The molecule has 0 aromatic heterocycles. The highest BCUT2D eigenvalue weighted by molar-refractivity contribution is 5.72. The zero-order chi connectivity index (χ0) is 19.2. The number of fused-ring (bicyclic) bond motifs is 2. The van der Waals surface area contributed by atoms with Crippen LogP contribution in [0.1, 0.15) is 56.7 Å². The van der Waals surface area contributed by atoms with Gasteiger partial charge in [0.1, 0.15) is 22.8 Å². The summed E-state index contributed by atoms with van der Waals surface area (Å²) in [5.74, 6) is 1.80. The highest BCUT2D eigenvalue weighted by Crippen LogP contribution is 2.54. The molecule has 2 aromatic rings. The molecule has 3 heteroatoms. The average molecular weight is 364 g/mol. The zero-order valence-corrected chi connectivity index (χ0v) is 16.3. The molecule has 2 aliphatic rings. The molecule has 0 unspecified atom stereocenters. The summed E-state index contributed by atoms with van der Waals surface area (Å²) in [6, 6.07) is 10.9. The highest BCUT2D eigenvalue weighted by atomic mass is 16.5. The Hall–Kier alpha value is -2.42. The second-order valence-electron chi connectivity index (χ2n) is 8.96. The van der Waals surface area contributed by atoms with Crippen LogP contribution in [-0.2, 0) is 6.42 Å². The SMILES string of the molecule is CC1(C)CCC[C@@]2(C)Oc3cc(/C=C/c4ccc(O)cc4)cc(O)c3C[C@H]12. The number of ether oxygens (including phenoxy) is 1. The Bertz CT molecular complexity index is 879. The number of hydrogen-bond donors (Lipinski definition) is 2. The Balaban J connectivity index is 1.66. The van der Waals surface area contributed by atoms with Crippen molar-refractivity contribution in [2.24, 2.45) is 11.3 Å². The number of rotatable bonds is 2. The first kappa shape index (κ1) is 18.0. The molecule has 0 amide bonds. The average Bonchev–Trinajstić information content (AvgIpc) is 2.59. The van der Waals surface area contributed by atoms with Gasteiger partial charge in [-0.25, -0.2) is 0 Å². The van der Waals surface area contributed by atoms with Gasteiger partial charge in [-0.2, -0.15) is 0 Å². The Morgan fingerprint density at radius 3 is 2.41 bits per heavy atom. The zero-order valence-electron chi connectivity index (χ0n) is 16.3. The molecule has 142 valence electrons. The maximum atomic E-state index is 10.7. The van der Waals surface area contributed by atoms with Crippen molar-refractivity contribution >= 4 is 12.2 Å². The predicted molar refractivity (Wildman–Crippen MR) is 109 cm³/mol. The van der Waals surface area contributed by atoms with Crippen LogP contribution in [0.5, 0.6) is 17.2 Å². The van der Waals surface area contributed by atoms with Crippen LogP contribution in [0.25, 0.3) is 12.2 Å². The molecule has 1 aliphatic carbocycles. The van der Waals surface area contributed by atoms with Crippen molar-refractivity contribution in [3.63, 3.8) is 0 Å². The van der Waals surface area contributed by atoms with E-state index < -0.39 is 0 Å². The molecule has 27 heavy (non-hydrogen) atoms. The molecule has 2 N–H and O–H groups in total. The second-order valence-corrected chi connectivity index (χ2v) is 8.96. The van der Waals surface area contributed by atoms with Crippen LogP contribution >= 0.6 is 0 Å². The fourth-order valence-electron chi connectivity index (χ4n) is 4.96. The monoisotopic (exact) mass is 364 g/mol. The summed E-state index contributed by atoms with van der Waals surface area (Å²) in [4.78, 5) is 0. The van der Waals surface area contributed by atoms with E-state index in [0.29, 0.717) is 11.7 Å². The van der Waals surface area contributed by atoms with E-state index in [0.717, 1.165) is 35.3 Å². The third-order valence-electron chi connectivity index (χ3n) is 6.50. The van der Waals surface area contributed by atoms with Crippen LogP contribution in [0.4, 0.5) is 0 Å². The van der Waals surface area contributed by atoms with Gasteiger partial charge in [-0.1, -0.05) is 38.1 Å². The summed E-state index contributed by atoms with van der Waals surface area (Å²) in [6.45, 7) is 6.89. The predicted octanol–water partition coefficient (Wildman–Crippen LogP) is 5.79. The molecule has 2 aromatic carbocycles. The van der Waals surface area contributed by atoms with Gasteiger partial charge in [0.2, 0.25) is 0 Å². The van der Waals surface area contributed by atoms with Gasteiger partial charge in [-0.3, -0.25) is 0 Å². The lowest BCUT2D eigenvalue weighted by atomic mass is 9.59. The first-order valence-corrected chi connectivity index (χ1v) is 9.79. The Labute approximate surface area is 161 Å². The quantitative estimate of drug-likeness (QED) is 0.663. The Morgan fingerprint density at radius 1 is 0.963 bits per heavy atom. The highest BCUT2D eigenvalue weighted by Gasteiger charge is 2.51. The van der Waals surface area contributed by atoms with Crippen LogP contribution in [0, 0.1) is 11.3 Å². The van der Waals surface area contributed by atoms with Crippen LogP contribution in [0.15, 0.2) is 36.4 Å². The summed E-state index contributed by atoms with van der Waals surface area (Å²) >= 11 is 0. The van der Waals surface area contributed by atoms with Crippen LogP contribution in [-0.4, -0.2) is 15.8 Å². The molecule has 2 atom stereocenters. The Kier molecular flexibility index (Phi) is 4.21. The van der Waals surface area contributed by atoms with E-state index in [9.17, 15) is 10.2 Å². The number of phenolic OH excluding ortho intramolecular Hbond substituents is 2. The van der Waals surface area contributed by atoms with E-state index >= 15 is 0 Å². The number of aromatic hydroxyl groups is 2. The summed E-state index contributed by atoms with van der Waals surface area (Å²) in [6.07, 6.45) is 8.26. The lowest BCUT2D eigenvalue weighted by Crippen LogP contribution is -2.53. The van der Waals surface area contributed by atoms with Gasteiger partial charge in [-0.15, -0.1) is 0 Å². The third kappa shape index (κ3) is 3.31. The van der Waals surface area contributed by atoms with E-state index in [2.05, 4.69) is 20.8 Å². The first-order chi connectivity index (χ1) is 12.8. The maximum Gasteiger partial charge on any atom is 0.127 e. The van der Waals surface area contributed by atoms with Gasteiger partial charge in [0.15, 0.2) is 0 Å². The van der Waals surface area contributed by atoms with Gasteiger partial charge < -0.3 is 14.9 Å². The largest absolute Gasteiger partial charge is 0.508 e. The van der Waals surface area contributed by atoms with Crippen molar-refractivity contribution < 1.29 is 14.9 Å². The lowest BCUT2D eigenvalue weighted by molar-refractivity contribution is -0.0819. The van der Waals surface area contributed by atoms with Crippen molar-refractivity contribution in [1.82, 2.24) is 0 Å². The molecule has 1 saturated carbocycles. The summed E-state index contributed by atoms with van der Waals surface area (Å²) in [5, 5.41) is 20.1. The fourth-order valence-corrected chi connectivity index (χ4v) is 4.96. The van der Waals surface area contributed by atoms with Gasteiger partial charge in [0.25, 0.3) is 0 Å². The molecular weight excluding hydrogens is 336 g/mol. The normalized spacial score (nSPS) is 26.3. The van der Waals surface area contributed by atoms with Crippen molar-refractivity contribution in [2.45, 2.75) is 52.1 Å². The molecular formula is C24H28O3. The second kappa shape index (κ2) is 6.33. The van der Waals surface area contributed by atoms with Gasteiger partial charge in [-0.05, 0) is 73.4 Å². The molecule has 0 bridgehead atoms. The lowest BCUT2D eigenvalue weighted by Gasteiger charge is -2.53. The summed E-state index contributed by atoms with van der Waals surface area (Å²) in [5.41, 5.74) is 2.90. The van der Waals surface area contributed by atoms with Gasteiger partial charge in [0, 0.05) is 11.5 Å². The number of benzene rings is 2. The van der Waals surface area contributed by atoms with Crippen LogP contribution < -0.4 is 4.74 Å². The first-order valence-electron chi connectivity index (χ1n) is 9.79. The number of phenols is 2.